The van der Waals surface area contributed by atoms with E-state index in [-0.39, 0.29) is 18.5 Å². The van der Waals surface area contributed by atoms with Crippen molar-refractivity contribution in [2.45, 2.75) is 46.3 Å². The van der Waals surface area contributed by atoms with Crippen molar-refractivity contribution in [3.05, 3.63) is 35.9 Å². The third-order valence-corrected chi connectivity index (χ3v) is 3.84. The van der Waals surface area contributed by atoms with Crippen LogP contribution in [0.3, 0.4) is 0 Å². The number of nitrogens with two attached hydrogens (primary N) is 1. The molecule has 1 amide bonds. The van der Waals surface area contributed by atoms with Crippen LogP contribution in [0, 0.1) is 0 Å². The second-order valence-electron chi connectivity index (χ2n) is 5.36. The van der Waals surface area contributed by atoms with E-state index in [1.807, 2.05) is 24.8 Å². The first-order valence-electron chi connectivity index (χ1n) is 7.89. The van der Waals surface area contributed by atoms with Crippen LogP contribution in [0.5, 0.6) is 0 Å². The van der Waals surface area contributed by atoms with Crippen molar-refractivity contribution in [3.8, 4) is 0 Å². The minimum atomic E-state index is 0.0544. The van der Waals surface area contributed by atoms with Gasteiger partial charge in [0.1, 0.15) is 0 Å². The molecule has 2 unspecified atom stereocenters. The molecule has 2 atom stereocenters. The number of carbonyl (C=O) groups is 1. The van der Waals surface area contributed by atoms with E-state index in [1.54, 1.807) is 0 Å². The van der Waals surface area contributed by atoms with Crippen LogP contribution in [-0.4, -0.2) is 47.4 Å². The molecule has 2 rings (SSSR count). The standard InChI is InChI=1S/C15H23N3O.C2H6/c1-12-10-18(15(19)8-16)13(2)9-17(12)11-14-6-4-3-5-7-14;1-2/h3-7,12-13H,8-11,16H2,1-2H3;1-2H3. The lowest BCUT2D eigenvalue weighted by atomic mass is 10.1. The zero-order valence-corrected chi connectivity index (χ0v) is 13.7. The Balaban J connectivity index is 0.00000106. The quantitative estimate of drug-likeness (QED) is 0.928. The van der Waals surface area contributed by atoms with Crippen LogP contribution in [0.2, 0.25) is 0 Å². The average Bonchev–Trinajstić information content (AvgIpc) is 2.53. The van der Waals surface area contributed by atoms with E-state index in [1.165, 1.54) is 5.56 Å². The SMILES string of the molecule is CC.CC1CN(C(=O)CN)C(C)CN1Cc1ccccc1. The predicted molar refractivity (Wildman–Crippen MR) is 87.9 cm³/mol. The maximum atomic E-state index is 11.8. The molecular formula is C17H29N3O. The summed E-state index contributed by atoms with van der Waals surface area (Å²) in [6, 6.07) is 11.1. The van der Waals surface area contributed by atoms with Crippen LogP contribution < -0.4 is 5.73 Å². The van der Waals surface area contributed by atoms with Crippen LogP contribution in [0.1, 0.15) is 33.3 Å². The number of carbonyl (C=O) groups excluding carboxylic acids is 1. The summed E-state index contributed by atoms with van der Waals surface area (Å²) in [6.07, 6.45) is 0. The fourth-order valence-electron chi connectivity index (χ4n) is 2.70. The Hall–Kier alpha value is -1.39. The number of piperazine rings is 1. The largest absolute Gasteiger partial charge is 0.336 e. The first kappa shape index (κ1) is 17.7. The molecule has 2 N–H and O–H groups in total. The first-order chi connectivity index (χ1) is 10.1. The lowest BCUT2D eigenvalue weighted by molar-refractivity contribution is -0.135. The number of hydrogen-bond donors (Lipinski definition) is 1. The molecule has 1 aliphatic heterocycles. The molecule has 0 spiro atoms. The maximum absolute atomic E-state index is 11.8. The van der Waals surface area contributed by atoms with Crippen LogP contribution in [0.25, 0.3) is 0 Å². The number of amides is 1. The molecule has 1 saturated heterocycles. The summed E-state index contributed by atoms with van der Waals surface area (Å²) in [5, 5.41) is 0. The first-order valence-corrected chi connectivity index (χ1v) is 7.89. The monoisotopic (exact) mass is 291 g/mol. The normalized spacial score (nSPS) is 22.4. The second kappa shape index (κ2) is 8.80. The lowest BCUT2D eigenvalue weighted by Gasteiger charge is -2.44. The van der Waals surface area contributed by atoms with Gasteiger partial charge in [-0.05, 0) is 19.4 Å². The van der Waals surface area contributed by atoms with Gasteiger partial charge < -0.3 is 10.6 Å². The molecule has 1 fully saturated rings. The lowest BCUT2D eigenvalue weighted by Crippen LogP contribution is -2.58. The van der Waals surface area contributed by atoms with Crippen LogP contribution in [0.4, 0.5) is 0 Å². The molecule has 1 aliphatic rings. The molecule has 0 aromatic heterocycles. The van der Waals surface area contributed by atoms with Gasteiger partial charge in [-0.2, -0.15) is 0 Å². The Kier molecular flexibility index (Phi) is 7.40. The number of nitrogens with zero attached hydrogens (tertiary/aromatic N) is 2. The Morgan fingerprint density at radius 3 is 2.33 bits per heavy atom. The molecule has 4 nitrogen and oxygen atoms in total. The van der Waals surface area contributed by atoms with Gasteiger partial charge in [-0.15, -0.1) is 0 Å². The molecule has 21 heavy (non-hydrogen) atoms. The summed E-state index contributed by atoms with van der Waals surface area (Å²) in [5.41, 5.74) is 6.78. The number of rotatable bonds is 3. The van der Waals surface area contributed by atoms with E-state index >= 15 is 0 Å². The smallest absolute Gasteiger partial charge is 0.236 e. The summed E-state index contributed by atoms with van der Waals surface area (Å²) >= 11 is 0. The molecule has 1 heterocycles. The van der Waals surface area contributed by atoms with E-state index < -0.39 is 0 Å². The minimum absolute atomic E-state index is 0.0544. The van der Waals surface area contributed by atoms with Gasteiger partial charge >= 0.3 is 0 Å². The van der Waals surface area contributed by atoms with E-state index in [2.05, 4.69) is 43.0 Å². The summed E-state index contributed by atoms with van der Waals surface area (Å²) in [6.45, 7) is 11.0. The predicted octanol–water partition coefficient (Wildman–Crippen LogP) is 2.09. The van der Waals surface area contributed by atoms with Gasteiger partial charge in [-0.1, -0.05) is 44.2 Å². The Morgan fingerprint density at radius 1 is 1.14 bits per heavy atom. The van der Waals surface area contributed by atoms with Crippen molar-refractivity contribution in [1.29, 1.82) is 0 Å². The third-order valence-electron chi connectivity index (χ3n) is 3.84. The summed E-state index contributed by atoms with van der Waals surface area (Å²) < 4.78 is 0. The zero-order chi connectivity index (χ0) is 15.8. The summed E-state index contributed by atoms with van der Waals surface area (Å²) in [7, 11) is 0. The maximum Gasteiger partial charge on any atom is 0.236 e. The van der Waals surface area contributed by atoms with Gasteiger partial charge in [0, 0.05) is 31.7 Å². The van der Waals surface area contributed by atoms with Crippen molar-refractivity contribution >= 4 is 5.91 Å². The molecule has 0 aliphatic carbocycles. The van der Waals surface area contributed by atoms with Gasteiger partial charge in [-0.3, -0.25) is 9.69 Å². The molecule has 118 valence electrons. The van der Waals surface area contributed by atoms with Gasteiger partial charge in [0.15, 0.2) is 0 Å². The minimum Gasteiger partial charge on any atom is -0.336 e. The Labute approximate surface area is 128 Å². The third kappa shape index (κ3) is 4.83. The van der Waals surface area contributed by atoms with Crippen molar-refractivity contribution < 1.29 is 4.79 Å². The van der Waals surface area contributed by atoms with E-state index in [9.17, 15) is 4.79 Å². The van der Waals surface area contributed by atoms with Gasteiger partial charge in [-0.25, -0.2) is 0 Å². The molecular weight excluding hydrogens is 262 g/mol. The average molecular weight is 291 g/mol. The molecule has 1 aromatic rings. The molecule has 0 saturated carbocycles. The fraction of sp³-hybridized carbons (Fsp3) is 0.588. The second-order valence-corrected chi connectivity index (χ2v) is 5.36. The van der Waals surface area contributed by atoms with Crippen molar-refractivity contribution in [2.24, 2.45) is 5.73 Å². The van der Waals surface area contributed by atoms with E-state index in [4.69, 9.17) is 5.73 Å². The summed E-state index contributed by atoms with van der Waals surface area (Å²) in [5.74, 6) is 0.0544. The molecule has 1 aromatic carbocycles. The van der Waals surface area contributed by atoms with Crippen LogP contribution in [-0.2, 0) is 11.3 Å². The Bertz CT molecular complexity index is 421. The zero-order valence-electron chi connectivity index (χ0n) is 13.7. The Morgan fingerprint density at radius 2 is 1.76 bits per heavy atom. The van der Waals surface area contributed by atoms with E-state index in [0.717, 1.165) is 19.6 Å². The number of benzene rings is 1. The van der Waals surface area contributed by atoms with Crippen molar-refractivity contribution in [3.63, 3.8) is 0 Å². The highest BCUT2D eigenvalue weighted by Gasteiger charge is 2.31. The van der Waals surface area contributed by atoms with E-state index in [0.29, 0.717) is 6.04 Å². The van der Waals surface area contributed by atoms with Gasteiger partial charge in [0.2, 0.25) is 5.91 Å². The van der Waals surface area contributed by atoms with Crippen LogP contribution >= 0.6 is 0 Å². The fourth-order valence-corrected chi connectivity index (χ4v) is 2.70. The highest BCUT2D eigenvalue weighted by atomic mass is 16.2. The molecule has 4 heteroatoms. The molecule has 0 radical (unpaired) electrons. The van der Waals surface area contributed by atoms with Gasteiger partial charge in [0.05, 0.1) is 6.54 Å². The number of hydrogen-bond acceptors (Lipinski definition) is 3. The van der Waals surface area contributed by atoms with Crippen LogP contribution in [0.15, 0.2) is 30.3 Å². The summed E-state index contributed by atoms with van der Waals surface area (Å²) in [4.78, 5) is 16.1. The highest BCUT2D eigenvalue weighted by molar-refractivity contribution is 5.78. The van der Waals surface area contributed by atoms with Crippen molar-refractivity contribution in [1.82, 2.24) is 9.80 Å². The van der Waals surface area contributed by atoms with Gasteiger partial charge in [0.25, 0.3) is 0 Å². The van der Waals surface area contributed by atoms with Crippen molar-refractivity contribution in [2.75, 3.05) is 19.6 Å². The molecule has 0 bridgehead atoms. The topological polar surface area (TPSA) is 49.6 Å². The highest BCUT2D eigenvalue weighted by Crippen LogP contribution is 2.18.